The molecule has 7 atom stereocenters. The number of carbonyl (C=O) groups excluding carboxylic acids is 4. The molecule has 3 aliphatic heterocycles. The van der Waals surface area contributed by atoms with Crippen LogP contribution < -0.4 is 5.32 Å². The second-order valence-corrected chi connectivity index (χ2v) is 14.1. The van der Waals surface area contributed by atoms with Crippen molar-refractivity contribution < 1.29 is 33.8 Å². The summed E-state index contributed by atoms with van der Waals surface area (Å²) in [4.78, 5) is 59.0. The highest BCUT2D eigenvalue weighted by Gasteiger charge is 2.76. The Balaban J connectivity index is 1.45. The maximum absolute atomic E-state index is 14.7. The molecule has 3 amide bonds. The average Bonchev–Trinajstić information content (AvgIpc) is 3.70. The number of fused-ring (bicyclic) bond motifs is 1. The predicted octanol–water partition coefficient (Wildman–Crippen LogP) is 4.48. The van der Waals surface area contributed by atoms with Gasteiger partial charge in [-0.05, 0) is 43.2 Å². The van der Waals surface area contributed by atoms with Gasteiger partial charge in [-0.1, -0.05) is 88.7 Å². The summed E-state index contributed by atoms with van der Waals surface area (Å²) in [7, 11) is 0. The van der Waals surface area contributed by atoms with Gasteiger partial charge in [-0.15, -0.1) is 13.2 Å². The number of nitrogens with one attached hydrogen (secondary N) is 1. The first kappa shape index (κ1) is 36.5. The predicted molar refractivity (Wildman–Crippen MR) is 188 cm³/mol. The minimum Gasteiger partial charge on any atom is -0.463 e. The van der Waals surface area contributed by atoms with Crippen molar-refractivity contribution in [1.82, 2.24) is 15.1 Å². The highest BCUT2D eigenvalue weighted by atomic mass is 79.9. The lowest BCUT2D eigenvalue weighted by molar-refractivity contribution is -0.148. The second kappa shape index (κ2) is 16.7. The number of nitrogens with zero attached hydrogens (tertiary/aromatic N) is 2. The number of amides is 3. The number of unbranched alkanes of at least 4 members (excludes halogenated alkanes) is 2. The Bertz CT molecular complexity index is 1490. The zero-order chi connectivity index (χ0) is 35.0. The van der Waals surface area contributed by atoms with E-state index in [9.17, 15) is 24.3 Å². The smallest absolute Gasteiger partial charge is 0.306 e. The fourth-order valence-corrected chi connectivity index (χ4v) is 8.47. The van der Waals surface area contributed by atoms with E-state index in [1.165, 1.54) is 0 Å². The molecular weight excluding hydrogens is 690 g/mol. The van der Waals surface area contributed by atoms with Gasteiger partial charge in [0.25, 0.3) is 0 Å². The number of alkyl halides is 1. The normalized spacial score (nSPS) is 25.8. The fourth-order valence-electron chi connectivity index (χ4n) is 7.53. The van der Waals surface area contributed by atoms with Crippen LogP contribution >= 0.6 is 15.9 Å². The van der Waals surface area contributed by atoms with Crippen LogP contribution in [0.15, 0.2) is 86.0 Å². The number of hydrogen-bond donors (Lipinski definition) is 2. The van der Waals surface area contributed by atoms with Crippen LogP contribution in [0.5, 0.6) is 0 Å². The molecule has 11 heteroatoms. The third-order valence-corrected chi connectivity index (χ3v) is 10.6. The van der Waals surface area contributed by atoms with Crippen LogP contribution in [0.3, 0.4) is 0 Å². The van der Waals surface area contributed by atoms with Gasteiger partial charge in [0.2, 0.25) is 17.7 Å². The summed E-state index contributed by atoms with van der Waals surface area (Å²) in [5.41, 5.74) is 0.468. The Hall–Kier alpha value is -3.80. The third kappa shape index (κ3) is 7.84. The van der Waals surface area contributed by atoms with E-state index >= 15 is 0 Å². The van der Waals surface area contributed by atoms with Crippen LogP contribution in [-0.2, 0) is 35.2 Å². The number of aliphatic hydroxyl groups is 1. The van der Waals surface area contributed by atoms with E-state index in [0.29, 0.717) is 45.2 Å². The molecule has 0 radical (unpaired) electrons. The summed E-state index contributed by atoms with van der Waals surface area (Å²) in [6, 6.07) is 17.3. The van der Waals surface area contributed by atoms with Crippen molar-refractivity contribution >= 4 is 39.6 Å². The maximum Gasteiger partial charge on any atom is 0.306 e. The molecule has 10 nitrogen and oxygen atoms in total. The number of esters is 1. The summed E-state index contributed by atoms with van der Waals surface area (Å²) >= 11 is 3.75. The van der Waals surface area contributed by atoms with Crippen LogP contribution in [0.2, 0.25) is 0 Å². The summed E-state index contributed by atoms with van der Waals surface area (Å²) in [6.45, 7) is 8.38. The second-order valence-electron chi connectivity index (χ2n) is 13.0. The molecule has 3 fully saturated rings. The van der Waals surface area contributed by atoms with Crippen LogP contribution in [0.4, 0.5) is 0 Å². The Morgan fingerprint density at radius 2 is 1.80 bits per heavy atom. The number of rotatable bonds is 18. The highest BCUT2D eigenvalue weighted by molar-refractivity contribution is 9.09. The van der Waals surface area contributed by atoms with E-state index in [1.54, 1.807) is 22.0 Å². The molecular formula is C38H46BrN3O7. The molecule has 5 rings (SSSR count). The Kier molecular flexibility index (Phi) is 12.5. The zero-order valence-electron chi connectivity index (χ0n) is 27.8. The average molecular weight is 737 g/mol. The zero-order valence-corrected chi connectivity index (χ0v) is 29.3. The Morgan fingerprint density at radius 1 is 1.08 bits per heavy atom. The van der Waals surface area contributed by atoms with Gasteiger partial charge in [-0.25, -0.2) is 0 Å². The van der Waals surface area contributed by atoms with E-state index in [1.807, 2.05) is 60.7 Å². The SMILES string of the molecule is C=CCCC(=O)OC[C@H](NC(=O)[C@H]1[C@@H]2O[C@@]3(CC2Br)[C@@H]1C(=O)N(CCCCCO)[C@@H]3C(=O)N(CC=C)Cc1ccccc1)c1ccccc1. The molecule has 0 aliphatic carbocycles. The van der Waals surface area contributed by atoms with Gasteiger partial charge in [0.05, 0.1) is 24.0 Å². The van der Waals surface area contributed by atoms with Gasteiger partial charge in [0, 0.05) is 37.5 Å². The molecule has 2 bridgehead atoms. The quantitative estimate of drug-likeness (QED) is 0.100. The van der Waals surface area contributed by atoms with Crippen LogP contribution in [-0.4, -0.2) is 87.5 Å². The molecule has 3 aliphatic rings. The van der Waals surface area contributed by atoms with E-state index < -0.39 is 47.5 Å². The number of ether oxygens (including phenoxy) is 2. The number of likely N-dealkylation sites (tertiary alicyclic amines) is 1. The first-order valence-corrected chi connectivity index (χ1v) is 18.0. The maximum atomic E-state index is 14.7. The lowest BCUT2D eigenvalue weighted by Crippen LogP contribution is -2.57. The molecule has 0 aromatic heterocycles. The molecule has 2 aromatic carbocycles. The number of aliphatic hydroxyl groups excluding tert-OH is 1. The van der Waals surface area contributed by atoms with Crippen molar-refractivity contribution in [2.75, 3.05) is 26.3 Å². The van der Waals surface area contributed by atoms with Gasteiger partial charge < -0.3 is 29.7 Å². The van der Waals surface area contributed by atoms with Crippen molar-refractivity contribution in [3.8, 4) is 0 Å². The standard InChI is InChI=1S/C38H46BrN3O7/c1-3-5-19-30(44)48-25-29(27-17-11-7-12-18-27)40-35(45)31-32-36(46)42(21-13-8-14-22-43)34(38(32)23-28(39)33(31)49-38)37(47)41(20-4-2)24-26-15-9-6-10-16-26/h3-4,6-7,9-12,15-18,28-29,31-34,43H,1-2,5,8,13-14,19-25H2,(H,40,45)/t28?,29-,31+,32-,33+,34+,38-/m0/s1. The topological polar surface area (TPSA) is 125 Å². The molecule has 49 heavy (non-hydrogen) atoms. The molecule has 3 saturated heterocycles. The number of benzene rings is 2. The molecule has 1 unspecified atom stereocenters. The van der Waals surface area contributed by atoms with Crippen LogP contribution in [0.25, 0.3) is 0 Å². The number of carbonyl (C=O) groups is 4. The van der Waals surface area contributed by atoms with Crippen molar-refractivity contribution in [2.45, 2.75) is 73.7 Å². The highest BCUT2D eigenvalue weighted by Crippen LogP contribution is 2.60. The summed E-state index contributed by atoms with van der Waals surface area (Å²) in [5.74, 6) is -3.10. The third-order valence-electron chi connectivity index (χ3n) is 9.74. The van der Waals surface area contributed by atoms with Gasteiger partial charge in [0.1, 0.15) is 18.2 Å². The molecule has 262 valence electrons. The molecule has 0 saturated carbocycles. The van der Waals surface area contributed by atoms with Crippen molar-refractivity contribution in [2.24, 2.45) is 11.8 Å². The van der Waals surface area contributed by atoms with E-state index in [-0.39, 0.29) is 42.8 Å². The van der Waals surface area contributed by atoms with E-state index in [4.69, 9.17) is 9.47 Å². The van der Waals surface area contributed by atoms with Gasteiger partial charge in [0.15, 0.2) is 0 Å². The Morgan fingerprint density at radius 3 is 2.47 bits per heavy atom. The minimum absolute atomic E-state index is 0.0392. The van der Waals surface area contributed by atoms with E-state index in [2.05, 4.69) is 34.4 Å². The van der Waals surface area contributed by atoms with Crippen molar-refractivity contribution in [1.29, 1.82) is 0 Å². The number of halogens is 1. The largest absolute Gasteiger partial charge is 0.463 e. The van der Waals surface area contributed by atoms with Gasteiger partial charge >= 0.3 is 5.97 Å². The lowest BCUT2D eigenvalue weighted by Gasteiger charge is -2.37. The van der Waals surface area contributed by atoms with Crippen LogP contribution in [0.1, 0.15) is 55.7 Å². The lowest BCUT2D eigenvalue weighted by atomic mass is 9.70. The van der Waals surface area contributed by atoms with Crippen LogP contribution in [0, 0.1) is 11.8 Å². The summed E-state index contributed by atoms with van der Waals surface area (Å²) in [6.07, 6.45) is 5.56. The van der Waals surface area contributed by atoms with Gasteiger partial charge in [-0.2, -0.15) is 0 Å². The molecule has 1 spiro atoms. The fraction of sp³-hybridized carbons (Fsp3) is 0.474. The van der Waals surface area contributed by atoms with Crippen molar-refractivity contribution in [3.63, 3.8) is 0 Å². The molecule has 2 N–H and O–H groups in total. The van der Waals surface area contributed by atoms with Gasteiger partial charge in [-0.3, -0.25) is 19.2 Å². The van der Waals surface area contributed by atoms with Crippen molar-refractivity contribution in [3.05, 3.63) is 97.1 Å². The minimum atomic E-state index is -1.22. The van der Waals surface area contributed by atoms with E-state index in [0.717, 1.165) is 11.1 Å². The first-order valence-electron chi connectivity index (χ1n) is 17.0. The number of hydrogen-bond acceptors (Lipinski definition) is 7. The molecule has 2 aromatic rings. The monoisotopic (exact) mass is 735 g/mol. The first-order chi connectivity index (χ1) is 23.7. The molecule has 3 heterocycles. The summed E-state index contributed by atoms with van der Waals surface area (Å²) < 4.78 is 12.3. The summed E-state index contributed by atoms with van der Waals surface area (Å²) in [5, 5.41) is 12.4. The number of allylic oxidation sites excluding steroid dienone is 1. The Labute approximate surface area is 296 Å².